The van der Waals surface area contributed by atoms with E-state index in [9.17, 15) is 4.79 Å². The summed E-state index contributed by atoms with van der Waals surface area (Å²) >= 11 is 5.58. The van der Waals surface area contributed by atoms with E-state index in [-0.39, 0.29) is 17.8 Å². The average Bonchev–Trinajstić information content (AvgIpc) is 2.39. The molecule has 0 radical (unpaired) electrons. The molecule has 0 saturated carbocycles. The third kappa shape index (κ3) is 3.76. The summed E-state index contributed by atoms with van der Waals surface area (Å²) in [6.07, 6.45) is 0.319. The lowest BCUT2D eigenvalue weighted by Gasteiger charge is -2.28. The van der Waals surface area contributed by atoms with Gasteiger partial charge in [0.25, 0.3) is 0 Å². The number of benzene rings is 1. The molecule has 0 aliphatic rings. The Morgan fingerprint density at radius 2 is 2.12 bits per heavy atom. The van der Waals surface area contributed by atoms with Crippen molar-refractivity contribution in [3.05, 3.63) is 35.9 Å². The number of carbonyl (C=O) groups is 1. The summed E-state index contributed by atoms with van der Waals surface area (Å²) in [4.78, 5) is 13.4. The number of rotatable bonds is 5. The highest BCUT2D eigenvalue weighted by Gasteiger charge is 2.19. The molecule has 0 aromatic heterocycles. The fourth-order valence-corrected chi connectivity index (χ4v) is 1.85. The number of alkyl halides is 1. The summed E-state index contributed by atoms with van der Waals surface area (Å²) in [7, 11) is 0. The van der Waals surface area contributed by atoms with Crippen molar-refractivity contribution in [1.29, 1.82) is 5.26 Å². The molecular formula is C13H15ClN2O. The maximum atomic E-state index is 11.7. The zero-order valence-electron chi connectivity index (χ0n) is 9.77. The van der Waals surface area contributed by atoms with Crippen LogP contribution in [-0.2, 0) is 4.79 Å². The smallest absolute Gasteiger partial charge is 0.238 e. The van der Waals surface area contributed by atoms with Gasteiger partial charge in [-0.15, -0.1) is 11.6 Å². The SMILES string of the molecule is CC(c1ccccc1)N(CCC#N)C(=O)CCl. The van der Waals surface area contributed by atoms with Crippen LogP contribution < -0.4 is 0 Å². The average molecular weight is 251 g/mol. The number of halogens is 1. The molecule has 90 valence electrons. The molecule has 17 heavy (non-hydrogen) atoms. The first-order valence-corrected chi connectivity index (χ1v) is 6.01. The van der Waals surface area contributed by atoms with Crippen LogP contribution in [0.3, 0.4) is 0 Å². The largest absolute Gasteiger partial charge is 0.334 e. The van der Waals surface area contributed by atoms with Crippen molar-refractivity contribution in [2.75, 3.05) is 12.4 Å². The van der Waals surface area contributed by atoms with Crippen LogP contribution >= 0.6 is 11.6 Å². The topological polar surface area (TPSA) is 44.1 Å². The summed E-state index contributed by atoms with van der Waals surface area (Å²) in [5.41, 5.74) is 1.05. The maximum Gasteiger partial charge on any atom is 0.238 e. The molecule has 0 bridgehead atoms. The first-order valence-electron chi connectivity index (χ1n) is 5.48. The van der Waals surface area contributed by atoms with Crippen molar-refractivity contribution in [2.24, 2.45) is 0 Å². The van der Waals surface area contributed by atoms with Crippen LogP contribution in [0.25, 0.3) is 0 Å². The summed E-state index contributed by atoms with van der Waals surface area (Å²) < 4.78 is 0. The zero-order valence-corrected chi connectivity index (χ0v) is 10.5. The predicted molar refractivity (Wildman–Crippen MR) is 67.5 cm³/mol. The Hall–Kier alpha value is -1.53. The molecule has 4 heteroatoms. The van der Waals surface area contributed by atoms with Crippen LogP contribution in [0.1, 0.15) is 24.9 Å². The van der Waals surface area contributed by atoms with Crippen LogP contribution in [0.5, 0.6) is 0 Å². The number of amides is 1. The van der Waals surface area contributed by atoms with Gasteiger partial charge < -0.3 is 4.90 Å². The normalized spacial score (nSPS) is 11.6. The maximum absolute atomic E-state index is 11.7. The van der Waals surface area contributed by atoms with Crippen molar-refractivity contribution < 1.29 is 4.79 Å². The molecule has 0 aliphatic carbocycles. The monoisotopic (exact) mass is 250 g/mol. The second kappa shape index (κ2) is 6.93. The lowest BCUT2D eigenvalue weighted by molar-refractivity contribution is -0.130. The lowest BCUT2D eigenvalue weighted by atomic mass is 10.1. The van der Waals surface area contributed by atoms with E-state index in [1.807, 2.05) is 43.3 Å². The number of hydrogen-bond acceptors (Lipinski definition) is 2. The van der Waals surface area contributed by atoms with E-state index in [1.54, 1.807) is 4.90 Å². The van der Waals surface area contributed by atoms with Gasteiger partial charge in [0.15, 0.2) is 0 Å². The molecular weight excluding hydrogens is 236 g/mol. The van der Waals surface area contributed by atoms with Crippen LogP contribution in [0.2, 0.25) is 0 Å². The lowest BCUT2D eigenvalue weighted by Crippen LogP contribution is -2.35. The van der Waals surface area contributed by atoms with Gasteiger partial charge in [-0.05, 0) is 12.5 Å². The highest BCUT2D eigenvalue weighted by molar-refractivity contribution is 6.27. The van der Waals surface area contributed by atoms with Crippen LogP contribution in [0, 0.1) is 11.3 Å². The van der Waals surface area contributed by atoms with E-state index in [0.717, 1.165) is 5.56 Å². The number of nitrogens with zero attached hydrogens (tertiary/aromatic N) is 2. The van der Waals surface area contributed by atoms with E-state index in [0.29, 0.717) is 13.0 Å². The molecule has 0 N–H and O–H groups in total. The van der Waals surface area contributed by atoms with Gasteiger partial charge in [-0.2, -0.15) is 5.26 Å². The van der Waals surface area contributed by atoms with Gasteiger partial charge in [0.1, 0.15) is 5.88 Å². The Morgan fingerprint density at radius 1 is 1.47 bits per heavy atom. The third-order valence-electron chi connectivity index (χ3n) is 2.65. The molecule has 1 amide bonds. The summed E-state index contributed by atoms with van der Waals surface area (Å²) in [6.45, 7) is 2.36. The highest BCUT2D eigenvalue weighted by Crippen LogP contribution is 2.20. The summed E-state index contributed by atoms with van der Waals surface area (Å²) in [5, 5.41) is 8.60. The van der Waals surface area contributed by atoms with Crippen LogP contribution in [-0.4, -0.2) is 23.2 Å². The second-order valence-electron chi connectivity index (χ2n) is 3.72. The van der Waals surface area contributed by atoms with E-state index in [2.05, 4.69) is 0 Å². The van der Waals surface area contributed by atoms with Crippen molar-refractivity contribution >= 4 is 17.5 Å². The molecule has 3 nitrogen and oxygen atoms in total. The fraction of sp³-hybridized carbons (Fsp3) is 0.385. The summed E-state index contributed by atoms with van der Waals surface area (Å²) in [5.74, 6) is -0.193. The minimum atomic E-state index is -0.140. The molecule has 1 unspecified atom stereocenters. The van der Waals surface area contributed by atoms with Crippen LogP contribution in [0.4, 0.5) is 0 Å². The highest BCUT2D eigenvalue weighted by atomic mass is 35.5. The number of hydrogen-bond donors (Lipinski definition) is 0. The first kappa shape index (κ1) is 13.5. The Morgan fingerprint density at radius 3 is 2.65 bits per heavy atom. The second-order valence-corrected chi connectivity index (χ2v) is 3.98. The molecule has 0 heterocycles. The van der Waals surface area contributed by atoms with Gasteiger partial charge in [-0.1, -0.05) is 30.3 Å². The van der Waals surface area contributed by atoms with Crippen molar-refractivity contribution in [3.63, 3.8) is 0 Å². The molecule has 0 aliphatic heterocycles. The molecule has 0 fully saturated rings. The van der Waals surface area contributed by atoms with Gasteiger partial charge in [0, 0.05) is 6.54 Å². The van der Waals surface area contributed by atoms with Crippen molar-refractivity contribution in [2.45, 2.75) is 19.4 Å². The molecule has 1 aromatic carbocycles. The Kier molecular flexibility index (Phi) is 5.51. The Balaban J connectivity index is 2.83. The van der Waals surface area contributed by atoms with Crippen molar-refractivity contribution in [3.8, 4) is 6.07 Å². The molecule has 1 rings (SSSR count). The third-order valence-corrected chi connectivity index (χ3v) is 2.88. The first-order chi connectivity index (χ1) is 8.20. The van der Waals surface area contributed by atoms with Crippen molar-refractivity contribution in [1.82, 2.24) is 4.90 Å². The Labute approximate surface area is 107 Å². The minimum absolute atomic E-state index is 0.0530. The van der Waals surface area contributed by atoms with E-state index in [4.69, 9.17) is 16.9 Å². The van der Waals surface area contributed by atoms with E-state index >= 15 is 0 Å². The standard InChI is InChI=1S/C13H15ClN2O/c1-11(12-6-3-2-4-7-12)16(9-5-8-15)13(17)10-14/h2-4,6-7,11H,5,9-10H2,1H3. The quantitative estimate of drug-likeness (QED) is 0.755. The molecule has 0 saturated heterocycles. The van der Waals surface area contributed by atoms with Gasteiger partial charge >= 0.3 is 0 Å². The summed E-state index contributed by atoms with van der Waals surface area (Å²) in [6, 6.07) is 11.7. The number of carbonyl (C=O) groups excluding carboxylic acids is 1. The van der Waals surface area contributed by atoms with Crippen LogP contribution in [0.15, 0.2) is 30.3 Å². The fourth-order valence-electron chi connectivity index (χ4n) is 1.69. The molecule has 0 spiro atoms. The minimum Gasteiger partial charge on any atom is -0.334 e. The number of nitriles is 1. The molecule has 1 aromatic rings. The van der Waals surface area contributed by atoms with Gasteiger partial charge in [0.05, 0.1) is 18.5 Å². The zero-order chi connectivity index (χ0) is 12.7. The van der Waals surface area contributed by atoms with E-state index in [1.165, 1.54) is 0 Å². The van der Waals surface area contributed by atoms with Gasteiger partial charge in [0.2, 0.25) is 5.91 Å². The van der Waals surface area contributed by atoms with Gasteiger partial charge in [-0.25, -0.2) is 0 Å². The van der Waals surface area contributed by atoms with Gasteiger partial charge in [-0.3, -0.25) is 4.79 Å². The Bertz CT molecular complexity index is 400. The van der Waals surface area contributed by atoms with E-state index < -0.39 is 0 Å². The predicted octanol–water partition coefficient (Wildman–Crippen LogP) is 2.73. The molecule has 1 atom stereocenters.